The number of aliphatic hydroxyl groups is 1. The van der Waals surface area contributed by atoms with E-state index in [2.05, 4.69) is 22.9 Å². The van der Waals surface area contributed by atoms with Crippen molar-refractivity contribution in [3.8, 4) is 0 Å². The molecule has 0 aliphatic carbocycles. The van der Waals surface area contributed by atoms with Gasteiger partial charge in [0.2, 0.25) is 0 Å². The molecule has 2 aromatic rings. The van der Waals surface area contributed by atoms with Crippen LogP contribution >= 0.6 is 11.3 Å². The molecule has 1 aromatic carbocycles. The zero-order valence-corrected chi connectivity index (χ0v) is 10.2. The minimum absolute atomic E-state index is 0.237. The number of rotatable bonds is 5. The van der Waals surface area contributed by atoms with Crippen molar-refractivity contribution in [2.45, 2.75) is 13.3 Å². The summed E-state index contributed by atoms with van der Waals surface area (Å²) in [5.74, 6) is 0. The molecule has 0 aliphatic rings. The van der Waals surface area contributed by atoms with E-state index in [-0.39, 0.29) is 6.61 Å². The topological polar surface area (TPSA) is 36.4 Å². The fraction of sp³-hybridized carbons (Fsp3) is 0.417. The Labute approximate surface area is 99.4 Å². The summed E-state index contributed by atoms with van der Waals surface area (Å²) in [6, 6.07) is 8.18. The van der Waals surface area contributed by atoms with Crippen LogP contribution in [0, 0.1) is 0 Å². The fourth-order valence-corrected chi connectivity index (χ4v) is 2.70. The van der Waals surface area contributed by atoms with Crippen LogP contribution in [0.5, 0.6) is 0 Å². The second-order valence-corrected chi connectivity index (χ2v) is 4.63. The molecule has 1 N–H and O–H groups in total. The summed E-state index contributed by atoms with van der Waals surface area (Å²) in [5, 5.41) is 9.91. The average Bonchev–Trinajstić information content (AvgIpc) is 2.73. The molecule has 0 bridgehead atoms. The van der Waals surface area contributed by atoms with Crippen molar-refractivity contribution < 1.29 is 5.11 Å². The number of fused-ring (bicyclic) bond motifs is 1. The normalized spacial score (nSPS) is 10.9. The van der Waals surface area contributed by atoms with Gasteiger partial charge in [-0.05, 0) is 25.5 Å². The maximum absolute atomic E-state index is 8.85. The lowest BCUT2D eigenvalue weighted by Crippen LogP contribution is -2.24. The standard InChI is InChI=1S/C12H16N2OS/c1-2-14(8-5-9-15)12-13-10-6-3-4-7-11(10)16-12/h3-4,6-7,15H,2,5,8-9H2,1H3. The highest BCUT2D eigenvalue weighted by molar-refractivity contribution is 7.22. The number of aliphatic hydroxyl groups excluding tert-OH is 1. The van der Waals surface area contributed by atoms with Gasteiger partial charge in [0.05, 0.1) is 10.2 Å². The zero-order chi connectivity index (χ0) is 11.4. The van der Waals surface area contributed by atoms with E-state index in [1.54, 1.807) is 11.3 Å². The van der Waals surface area contributed by atoms with Crippen molar-refractivity contribution in [1.82, 2.24) is 4.98 Å². The molecule has 3 nitrogen and oxygen atoms in total. The maximum atomic E-state index is 8.85. The molecule has 0 fully saturated rings. The second kappa shape index (κ2) is 5.27. The Morgan fingerprint density at radius 3 is 2.88 bits per heavy atom. The first-order valence-electron chi connectivity index (χ1n) is 5.56. The molecule has 16 heavy (non-hydrogen) atoms. The summed E-state index contributed by atoms with van der Waals surface area (Å²) < 4.78 is 1.22. The number of anilines is 1. The Morgan fingerprint density at radius 1 is 1.38 bits per heavy atom. The molecular formula is C12H16N2OS. The number of nitrogens with zero attached hydrogens (tertiary/aromatic N) is 2. The summed E-state index contributed by atoms with van der Waals surface area (Å²) in [7, 11) is 0. The lowest BCUT2D eigenvalue weighted by molar-refractivity contribution is 0.289. The third-order valence-corrected chi connectivity index (χ3v) is 3.62. The number of hydrogen-bond donors (Lipinski definition) is 1. The van der Waals surface area contributed by atoms with Gasteiger partial charge in [-0.25, -0.2) is 4.98 Å². The van der Waals surface area contributed by atoms with E-state index in [1.807, 2.05) is 18.2 Å². The highest BCUT2D eigenvalue weighted by atomic mass is 32.1. The second-order valence-electron chi connectivity index (χ2n) is 3.62. The van der Waals surface area contributed by atoms with Crippen LogP contribution in [0.25, 0.3) is 10.2 Å². The van der Waals surface area contributed by atoms with E-state index in [0.717, 1.165) is 30.2 Å². The van der Waals surface area contributed by atoms with Crippen molar-refractivity contribution >= 4 is 26.7 Å². The molecular weight excluding hydrogens is 220 g/mol. The predicted octanol–water partition coefficient (Wildman–Crippen LogP) is 2.51. The molecule has 0 aliphatic heterocycles. The van der Waals surface area contributed by atoms with Crippen LogP contribution in [0.4, 0.5) is 5.13 Å². The smallest absolute Gasteiger partial charge is 0.186 e. The molecule has 1 aromatic heterocycles. The summed E-state index contributed by atoms with van der Waals surface area (Å²) in [6.07, 6.45) is 0.795. The number of hydrogen-bond acceptors (Lipinski definition) is 4. The fourth-order valence-electron chi connectivity index (χ4n) is 1.65. The van der Waals surface area contributed by atoms with Crippen LogP contribution in [0.1, 0.15) is 13.3 Å². The van der Waals surface area contributed by atoms with Gasteiger partial charge in [-0.3, -0.25) is 0 Å². The molecule has 0 atom stereocenters. The van der Waals surface area contributed by atoms with E-state index >= 15 is 0 Å². The Kier molecular flexibility index (Phi) is 3.74. The molecule has 86 valence electrons. The van der Waals surface area contributed by atoms with Crippen molar-refractivity contribution in [3.05, 3.63) is 24.3 Å². The summed E-state index contributed by atoms with van der Waals surface area (Å²) >= 11 is 1.71. The van der Waals surface area contributed by atoms with E-state index in [4.69, 9.17) is 5.11 Å². The summed E-state index contributed by atoms with van der Waals surface area (Å²) in [4.78, 5) is 6.81. The minimum atomic E-state index is 0.237. The van der Waals surface area contributed by atoms with Crippen LogP contribution in [0.3, 0.4) is 0 Å². The summed E-state index contributed by atoms with van der Waals surface area (Å²) in [5.41, 5.74) is 1.06. The van der Waals surface area contributed by atoms with Crippen molar-refractivity contribution in [2.24, 2.45) is 0 Å². The number of para-hydroxylation sites is 1. The molecule has 0 radical (unpaired) electrons. The van der Waals surface area contributed by atoms with Crippen LogP contribution in [-0.4, -0.2) is 29.8 Å². The SMILES string of the molecule is CCN(CCCO)c1nc2ccccc2s1. The van der Waals surface area contributed by atoms with Crippen LogP contribution in [0.15, 0.2) is 24.3 Å². The van der Waals surface area contributed by atoms with Crippen molar-refractivity contribution in [3.63, 3.8) is 0 Å². The van der Waals surface area contributed by atoms with Crippen molar-refractivity contribution in [2.75, 3.05) is 24.6 Å². The van der Waals surface area contributed by atoms with Crippen LogP contribution < -0.4 is 4.90 Å². The minimum Gasteiger partial charge on any atom is -0.396 e. The van der Waals surface area contributed by atoms with E-state index in [0.29, 0.717) is 0 Å². The van der Waals surface area contributed by atoms with E-state index < -0.39 is 0 Å². The van der Waals surface area contributed by atoms with Gasteiger partial charge in [-0.1, -0.05) is 23.5 Å². The summed E-state index contributed by atoms with van der Waals surface area (Å²) in [6.45, 7) is 4.15. The lowest BCUT2D eigenvalue weighted by atomic mass is 10.3. The number of benzene rings is 1. The Bertz CT molecular complexity index is 422. The van der Waals surface area contributed by atoms with Crippen LogP contribution in [0.2, 0.25) is 0 Å². The Hall–Kier alpha value is -1.13. The molecule has 4 heteroatoms. The van der Waals surface area contributed by atoms with Gasteiger partial charge < -0.3 is 10.0 Å². The monoisotopic (exact) mass is 236 g/mol. The molecule has 0 saturated carbocycles. The highest BCUT2D eigenvalue weighted by Gasteiger charge is 2.09. The Morgan fingerprint density at radius 2 is 2.19 bits per heavy atom. The van der Waals surface area contributed by atoms with E-state index in [1.165, 1.54) is 4.70 Å². The first-order chi connectivity index (χ1) is 7.85. The average molecular weight is 236 g/mol. The first kappa shape index (κ1) is 11.4. The molecule has 0 saturated heterocycles. The third-order valence-electron chi connectivity index (χ3n) is 2.52. The third kappa shape index (κ3) is 2.33. The Balaban J connectivity index is 2.23. The quantitative estimate of drug-likeness (QED) is 0.866. The largest absolute Gasteiger partial charge is 0.396 e. The highest BCUT2D eigenvalue weighted by Crippen LogP contribution is 2.28. The van der Waals surface area contributed by atoms with Gasteiger partial charge in [-0.15, -0.1) is 0 Å². The van der Waals surface area contributed by atoms with E-state index in [9.17, 15) is 0 Å². The molecule has 1 heterocycles. The first-order valence-corrected chi connectivity index (χ1v) is 6.38. The van der Waals surface area contributed by atoms with Gasteiger partial charge in [0.25, 0.3) is 0 Å². The molecule has 0 spiro atoms. The molecule has 0 amide bonds. The van der Waals surface area contributed by atoms with Gasteiger partial charge in [0.15, 0.2) is 5.13 Å². The zero-order valence-electron chi connectivity index (χ0n) is 9.39. The van der Waals surface area contributed by atoms with Crippen LogP contribution in [-0.2, 0) is 0 Å². The van der Waals surface area contributed by atoms with Gasteiger partial charge >= 0.3 is 0 Å². The molecule has 2 rings (SSSR count). The van der Waals surface area contributed by atoms with Gasteiger partial charge in [0, 0.05) is 19.7 Å². The van der Waals surface area contributed by atoms with Gasteiger partial charge in [-0.2, -0.15) is 0 Å². The maximum Gasteiger partial charge on any atom is 0.186 e. The molecule has 0 unspecified atom stereocenters. The van der Waals surface area contributed by atoms with Gasteiger partial charge in [0.1, 0.15) is 0 Å². The predicted molar refractivity (Wildman–Crippen MR) is 69.2 cm³/mol. The number of aromatic nitrogens is 1. The number of thiazole rings is 1. The van der Waals surface area contributed by atoms with Crippen molar-refractivity contribution in [1.29, 1.82) is 0 Å². The lowest BCUT2D eigenvalue weighted by Gasteiger charge is -2.18.